The van der Waals surface area contributed by atoms with Crippen molar-refractivity contribution in [1.82, 2.24) is 29.5 Å². The van der Waals surface area contributed by atoms with Gasteiger partial charge in [-0.05, 0) is 24.5 Å². The molecule has 1 aromatic carbocycles. The van der Waals surface area contributed by atoms with Gasteiger partial charge >= 0.3 is 0 Å². The number of aliphatic hydroxyl groups is 1. The van der Waals surface area contributed by atoms with Crippen molar-refractivity contribution in [2.24, 2.45) is 0 Å². The van der Waals surface area contributed by atoms with E-state index in [0.29, 0.717) is 18.0 Å². The normalized spacial score (nSPS) is 18.2. The van der Waals surface area contributed by atoms with Gasteiger partial charge in [-0.1, -0.05) is 29.8 Å². The van der Waals surface area contributed by atoms with Gasteiger partial charge in [0.2, 0.25) is 0 Å². The zero-order chi connectivity index (χ0) is 16.6. The summed E-state index contributed by atoms with van der Waals surface area (Å²) in [4.78, 5) is 8.02. The molecule has 0 amide bonds. The van der Waals surface area contributed by atoms with Gasteiger partial charge in [-0.3, -0.25) is 0 Å². The molecule has 2 aromatic heterocycles. The fourth-order valence-electron chi connectivity index (χ4n) is 3.36. The largest absolute Gasteiger partial charge is 0.385 e. The molecule has 4 rings (SSSR count). The average molecular weight is 345 g/mol. The molecule has 3 aromatic rings. The lowest BCUT2D eigenvalue weighted by molar-refractivity contribution is -0.0484. The summed E-state index contributed by atoms with van der Waals surface area (Å²) >= 11 is 6.33. The lowest BCUT2D eigenvalue weighted by Crippen LogP contribution is -2.51. The number of nitrogens with zero attached hydrogens (tertiary/aromatic N) is 6. The van der Waals surface area contributed by atoms with Gasteiger partial charge in [-0.15, -0.1) is 0 Å². The van der Waals surface area contributed by atoms with Gasteiger partial charge in [0, 0.05) is 11.4 Å². The number of hydrogen-bond donors (Lipinski definition) is 1. The molecule has 0 saturated heterocycles. The third kappa shape index (κ3) is 2.50. The molecule has 7 nitrogen and oxygen atoms in total. The van der Waals surface area contributed by atoms with Crippen LogP contribution in [0.15, 0.2) is 49.6 Å². The fourth-order valence-corrected chi connectivity index (χ4v) is 3.56. The Kier molecular flexibility index (Phi) is 3.62. The minimum Gasteiger partial charge on any atom is -0.385 e. The second-order valence-corrected chi connectivity index (χ2v) is 6.67. The third-order valence-electron chi connectivity index (χ3n) is 4.78. The Morgan fingerprint density at radius 2 is 1.88 bits per heavy atom. The maximum Gasteiger partial charge on any atom is 0.137 e. The molecule has 0 radical (unpaired) electrons. The quantitative estimate of drug-likeness (QED) is 0.735. The SMILES string of the molecule is OC(Cc1ccccc1Cl)(Cn1cncn1)C1(n2cncn2)CC1. The van der Waals surface area contributed by atoms with E-state index >= 15 is 0 Å². The van der Waals surface area contributed by atoms with E-state index in [1.165, 1.54) is 12.7 Å². The molecule has 0 bridgehead atoms. The molecule has 0 spiro atoms. The second-order valence-electron chi connectivity index (χ2n) is 6.26. The van der Waals surface area contributed by atoms with Crippen LogP contribution in [-0.4, -0.2) is 40.2 Å². The highest BCUT2D eigenvalue weighted by molar-refractivity contribution is 6.31. The van der Waals surface area contributed by atoms with E-state index < -0.39 is 11.1 Å². The summed E-state index contributed by atoms with van der Waals surface area (Å²) in [7, 11) is 0. The van der Waals surface area contributed by atoms with Crippen molar-refractivity contribution in [3.63, 3.8) is 0 Å². The number of aromatic nitrogens is 6. The molecule has 2 heterocycles. The summed E-state index contributed by atoms with van der Waals surface area (Å²) in [6.07, 6.45) is 8.27. The first-order chi connectivity index (χ1) is 11.6. The average Bonchev–Trinajstić information content (AvgIpc) is 2.99. The molecule has 0 aliphatic heterocycles. The Labute approximate surface area is 143 Å². The summed E-state index contributed by atoms with van der Waals surface area (Å²) in [6, 6.07) is 7.58. The van der Waals surface area contributed by atoms with Crippen LogP contribution in [-0.2, 0) is 18.5 Å². The molecular weight excluding hydrogens is 328 g/mol. The smallest absolute Gasteiger partial charge is 0.137 e. The summed E-state index contributed by atoms with van der Waals surface area (Å²) in [5, 5.41) is 20.8. The van der Waals surface area contributed by atoms with Crippen molar-refractivity contribution in [3.8, 4) is 0 Å². The van der Waals surface area contributed by atoms with Crippen molar-refractivity contribution in [2.45, 2.75) is 36.9 Å². The van der Waals surface area contributed by atoms with Crippen LogP contribution < -0.4 is 0 Å². The Morgan fingerprint density at radius 1 is 1.12 bits per heavy atom. The van der Waals surface area contributed by atoms with Gasteiger partial charge in [-0.2, -0.15) is 10.2 Å². The molecule has 8 heteroatoms. The van der Waals surface area contributed by atoms with E-state index in [4.69, 9.17) is 11.6 Å². The highest BCUT2D eigenvalue weighted by atomic mass is 35.5. The van der Waals surface area contributed by atoms with Gasteiger partial charge < -0.3 is 5.11 Å². The summed E-state index contributed by atoms with van der Waals surface area (Å²) in [6.45, 7) is 0.304. The second kappa shape index (κ2) is 5.68. The predicted molar refractivity (Wildman–Crippen MR) is 87.4 cm³/mol. The highest BCUT2D eigenvalue weighted by Gasteiger charge is 2.61. The van der Waals surface area contributed by atoms with Gasteiger partial charge in [0.25, 0.3) is 0 Å². The first-order valence-electron chi connectivity index (χ1n) is 7.76. The fraction of sp³-hybridized carbons (Fsp3) is 0.375. The van der Waals surface area contributed by atoms with Crippen molar-refractivity contribution in [1.29, 1.82) is 0 Å². The van der Waals surface area contributed by atoms with Crippen molar-refractivity contribution in [3.05, 3.63) is 60.2 Å². The van der Waals surface area contributed by atoms with Gasteiger partial charge in [-0.25, -0.2) is 19.3 Å². The molecule has 1 aliphatic carbocycles. The number of halogens is 1. The lowest BCUT2D eigenvalue weighted by atomic mass is 9.84. The Hall–Kier alpha value is -2.25. The van der Waals surface area contributed by atoms with Gasteiger partial charge in [0.15, 0.2) is 0 Å². The first-order valence-corrected chi connectivity index (χ1v) is 8.14. The van der Waals surface area contributed by atoms with Crippen LogP contribution in [0, 0.1) is 0 Å². The van der Waals surface area contributed by atoms with Crippen LogP contribution in [0.25, 0.3) is 0 Å². The zero-order valence-electron chi connectivity index (χ0n) is 13.0. The van der Waals surface area contributed by atoms with Crippen LogP contribution in [0.4, 0.5) is 0 Å². The molecule has 1 N–H and O–H groups in total. The lowest BCUT2D eigenvalue weighted by Gasteiger charge is -2.37. The molecule has 1 fully saturated rings. The van der Waals surface area contributed by atoms with E-state index in [9.17, 15) is 5.11 Å². The Balaban J connectivity index is 1.74. The molecule has 1 unspecified atom stereocenters. The van der Waals surface area contributed by atoms with Gasteiger partial charge in [0.1, 0.15) is 30.9 Å². The van der Waals surface area contributed by atoms with Crippen LogP contribution >= 0.6 is 11.6 Å². The van der Waals surface area contributed by atoms with Crippen molar-refractivity contribution >= 4 is 11.6 Å². The maximum absolute atomic E-state index is 11.7. The Morgan fingerprint density at radius 3 is 2.50 bits per heavy atom. The number of hydrogen-bond acceptors (Lipinski definition) is 5. The monoisotopic (exact) mass is 344 g/mol. The van der Waals surface area contributed by atoms with E-state index in [2.05, 4.69) is 20.2 Å². The third-order valence-corrected chi connectivity index (χ3v) is 5.15. The minimum absolute atomic E-state index is 0.304. The molecule has 1 atom stereocenters. The molecular formula is C16H17ClN6O. The highest BCUT2D eigenvalue weighted by Crippen LogP contribution is 2.53. The molecule has 1 saturated carbocycles. The van der Waals surface area contributed by atoms with Crippen molar-refractivity contribution < 1.29 is 5.11 Å². The summed E-state index contributed by atoms with van der Waals surface area (Å²) in [5.41, 5.74) is -0.721. The topological polar surface area (TPSA) is 81.6 Å². The summed E-state index contributed by atoms with van der Waals surface area (Å²) in [5.74, 6) is 0. The van der Waals surface area contributed by atoms with E-state index in [1.54, 1.807) is 22.0 Å². The van der Waals surface area contributed by atoms with Crippen LogP contribution in [0.3, 0.4) is 0 Å². The number of rotatable bonds is 6. The minimum atomic E-state index is -1.11. The molecule has 124 valence electrons. The van der Waals surface area contributed by atoms with E-state index in [1.807, 2.05) is 24.3 Å². The van der Waals surface area contributed by atoms with Crippen LogP contribution in [0.1, 0.15) is 18.4 Å². The van der Waals surface area contributed by atoms with Crippen molar-refractivity contribution in [2.75, 3.05) is 0 Å². The van der Waals surface area contributed by atoms with Crippen LogP contribution in [0.2, 0.25) is 5.02 Å². The Bertz CT molecular complexity index is 815. The molecule has 1 aliphatic rings. The summed E-state index contributed by atoms with van der Waals surface area (Å²) < 4.78 is 3.41. The number of benzene rings is 1. The first kappa shape index (κ1) is 15.3. The molecule has 24 heavy (non-hydrogen) atoms. The maximum atomic E-state index is 11.7. The zero-order valence-corrected chi connectivity index (χ0v) is 13.7. The van der Waals surface area contributed by atoms with E-state index in [-0.39, 0.29) is 0 Å². The standard InChI is InChI=1S/C16H17ClN6O/c17-14-4-2-1-3-13(14)7-16(24,8-22-11-18-9-20-22)15(5-6-15)23-12-19-10-21-23/h1-4,9-12,24H,5-8H2. The van der Waals surface area contributed by atoms with E-state index in [0.717, 1.165) is 18.4 Å². The predicted octanol–water partition coefficient (Wildman–Crippen LogP) is 1.69. The van der Waals surface area contributed by atoms with Gasteiger partial charge in [0.05, 0.1) is 12.1 Å². The van der Waals surface area contributed by atoms with Crippen LogP contribution in [0.5, 0.6) is 0 Å².